The molecule has 2 amide bonds. The zero-order valence-electron chi connectivity index (χ0n) is 14.6. The highest BCUT2D eigenvalue weighted by atomic mass is 16.2. The van der Waals surface area contributed by atoms with Gasteiger partial charge < -0.3 is 15.1 Å². The Morgan fingerprint density at radius 1 is 1.40 bits per heavy atom. The first-order valence-electron chi connectivity index (χ1n) is 8.17. The van der Waals surface area contributed by atoms with Gasteiger partial charge in [0.05, 0.1) is 24.1 Å². The van der Waals surface area contributed by atoms with Gasteiger partial charge in [0.2, 0.25) is 11.8 Å². The molecule has 0 aliphatic carbocycles. The number of benzene rings is 1. The lowest BCUT2D eigenvalue weighted by Crippen LogP contribution is -2.44. The number of para-hydroxylation sites is 2. The molecule has 1 aromatic heterocycles. The van der Waals surface area contributed by atoms with Crippen molar-refractivity contribution in [2.24, 2.45) is 0 Å². The minimum absolute atomic E-state index is 0.0897. The second-order valence-corrected chi connectivity index (χ2v) is 6.33. The van der Waals surface area contributed by atoms with E-state index in [4.69, 9.17) is 0 Å². The number of aromatic nitrogens is 2. The fourth-order valence-electron chi connectivity index (χ4n) is 2.96. The van der Waals surface area contributed by atoms with Gasteiger partial charge in [0.15, 0.2) is 5.82 Å². The van der Waals surface area contributed by atoms with Crippen LogP contribution in [0.2, 0.25) is 0 Å². The highest BCUT2D eigenvalue weighted by Crippen LogP contribution is 2.31. The van der Waals surface area contributed by atoms with Crippen LogP contribution in [0.25, 0.3) is 0 Å². The lowest BCUT2D eigenvalue weighted by molar-refractivity contribution is -0.118. The Kier molecular flexibility index (Phi) is 4.65. The second-order valence-electron chi connectivity index (χ2n) is 6.33. The molecule has 25 heavy (non-hydrogen) atoms. The standard InChI is InChI=1S/C18H21N5O2/c1-12-8-16(21-19-10-12)22(3)11-18(25)23-13(2)9-17(24)20-14-6-4-5-7-15(14)23/h4-8,10,13H,9,11H2,1-3H3,(H,20,24). The molecule has 0 fully saturated rings. The van der Waals surface area contributed by atoms with Crippen molar-refractivity contribution < 1.29 is 9.59 Å². The molecule has 3 rings (SSSR count). The van der Waals surface area contributed by atoms with E-state index < -0.39 is 0 Å². The molecule has 2 aromatic rings. The lowest BCUT2D eigenvalue weighted by Gasteiger charge is -2.30. The molecule has 7 nitrogen and oxygen atoms in total. The molecule has 2 heterocycles. The third-order valence-corrected chi connectivity index (χ3v) is 4.17. The summed E-state index contributed by atoms with van der Waals surface area (Å²) in [7, 11) is 1.80. The Labute approximate surface area is 146 Å². The van der Waals surface area contributed by atoms with Crippen molar-refractivity contribution in [3.63, 3.8) is 0 Å². The van der Waals surface area contributed by atoms with Gasteiger partial charge in [-0.25, -0.2) is 0 Å². The maximum Gasteiger partial charge on any atom is 0.246 e. The third kappa shape index (κ3) is 3.60. The van der Waals surface area contributed by atoms with Crippen LogP contribution in [0.1, 0.15) is 18.9 Å². The third-order valence-electron chi connectivity index (χ3n) is 4.17. The Morgan fingerprint density at radius 2 is 2.16 bits per heavy atom. The summed E-state index contributed by atoms with van der Waals surface area (Å²) in [6.07, 6.45) is 1.93. The van der Waals surface area contributed by atoms with Crippen LogP contribution in [0.5, 0.6) is 0 Å². The monoisotopic (exact) mass is 339 g/mol. The summed E-state index contributed by atoms with van der Waals surface area (Å²) in [6.45, 7) is 3.95. The van der Waals surface area contributed by atoms with Crippen LogP contribution in [0.3, 0.4) is 0 Å². The van der Waals surface area contributed by atoms with E-state index in [0.29, 0.717) is 11.5 Å². The SMILES string of the molecule is Cc1cnnc(N(C)CC(=O)N2c3ccccc3NC(=O)CC2C)c1. The van der Waals surface area contributed by atoms with Gasteiger partial charge in [0.1, 0.15) is 0 Å². The topological polar surface area (TPSA) is 78.4 Å². The Bertz CT molecular complexity index is 808. The number of amides is 2. The van der Waals surface area contributed by atoms with Crippen LogP contribution in [0, 0.1) is 6.92 Å². The van der Waals surface area contributed by atoms with E-state index in [9.17, 15) is 9.59 Å². The van der Waals surface area contributed by atoms with Crippen molar-refractivity contribution in [3.05, 3.63) is 42.1 Å². The van der Waals surface area contributed by atoms with Gasteiger partial charge in [-0.3, -0.25) is 9.59 Å². The van der Waals surface area contributed by atoms with Crippen molar-refractivity contribution in [2.45, 2.75) is 26.3 Å². The number of likely N-dealkylation sites (N-methyl/N-ethyl adjacent to an activating group) is 1. The van der Waals surface area contributed by atoms with Gasteiger partial charge in [0.25, 0.3) is 0 Å². The summed E-state index contributed by atoms with van der Waals surface area (Å²) in [5.74, 6) is 0.453. The summed E-state index contributed by atoms with van der Waals surface area (Å²) in [5.41, 5.74) is 2.35. The van der Waals surface area contributed by atoms with Gasteiger partial charge in [-0.15, -0.1) is 5.10 Å². The van der Waals surface area contributed by atoms with E-state index in [1.165, 1.54) is 0 Å². The number of carbonyl (C=O) groups excluding carboxylic acids is 2. The van der Waals surface area contributed by atoms with E-state index in [1.807, 2.05) is 38.1 Å². The van der Waals surface area contributed by atoms with Crippen LogP contribution in [-0.2, 0) is 9.59 Å². The predicted molar refractivity (Wildman–Crippen MR) is 96.7 cm³/mol. The van der Waals surface area contributed by atoms with E-state index >= 15 is 0 Å². The molecular weight excluding hydrogens is 318 g/mol. The summed E-state index contributed by atoms with van der Waals surface area (Å²) in [4.78, 5) is 28.5. The van der Waals surface area contributed by atoms with Crippen molar-refractivity contribution in [1.29, 1.82) is 0 Å². The molecule has 0 spiro atoms. The predicted octanol–water partition coefficient (Wildman–Crippen LogP) is 1.99. The minimum atomic E-state index is -0.229. The van der Waals surface area contributed by atoms with Crippen molar-refractivity contribution in [1.82, 2.24) is 10.2 Å². The van der Waals surface area contributed by atoms with E-state index in [0.717, 1.165) is 11.3 Å². The molecule has 0 bridgehead atoms. The molecule has 1 unspecified atom stereocenters. The number of nitrogens with zero attached hydrogens (tertiary/aromatic N) is 4. The van der Waals surface area contributed by atoms with Crippen molar-refractivity contribution >= 4 is 29.0 Å². The molecule has 0 radical (unpaired) electrons. The molecule has 0 saturated carbocycles. The van der Waals surface area contributed by atoms with Gasteiger partial charge >= 0.3 is 0 Å². The number of fused-ring (bicyclic) bond motifs is 1. The van der Waals surface area contributed by atoms with E-state index in [-0.39, 0.29) is 30.8 Å². The zero-order valence-corrected chi connectivity index (χ0v) is 14.6. The van der Waals surface area contributed by atoms with Crippen LogP contribution in [0.4, 0.5) is 17.2 Å². The molecule has 1 N–H and O–H groups in total. The minimum Gasteiger partial charge on any atom is -0.349 e. The Hall–Kier alpha value is -2.96. The molecule has 1 aromatic carbocycles. The van der Waals surface area contributed by atoms with E-state index in [1.54, 1.807) is 29.1 Å². The average Bonchev–Trinajstić information content (AvgIpc) is 2.68. The van der Waals surface area contributed by atoms with Crippen LogP contribution < -0.4 is 15.1 Å². The summed E-state index contributed by atoms with van der Waals surface area (Å²) in [6, 6.07) is 9.01. The Morgan fingerprint density at radius 3 is 2.92 bits per heavy atom. The van der Waals surface area contributed by atoms with Gasteiger partial charge in [-0.2, -0.15) is 5.10 Å². The highest BCUT2D eigenvalue weighted by Gasteiger charge is 2.30. The fourth-order valence-corrected chi connectivity index (χ4v) is 2.96. The largest absolute Gasteiger partial charge is 0.349 e. The molecule has 130 valence electrons. The highest BCUT2D eigenvalue weighted by molar-refractivity contribution is 6.05. The zero-order chi connectivity index (χ0) is 18.0. The van der Waals surface area contributed by atoms with Gasteiger partial charge in [-0.05, 0) is 37.6 Å². The van der Waals surface area contributed by atoms with Gasteiger partial charge in [-0.1, -0.05) is 12.1 Å². The number of nitrogens with one attached hydrogen (secondary N) is 1. The number of anilines is 3. The Balaban J connectivity index is 1.86. The summed E-state index contributed by atoms with van der Waals surface area (Å²) in [5, 5.41) is 10.9. The quantitative estimate of drug-likeness (QED) is 0.925. The first kappa shape index (κ1) is 16.9. The number of hydrogen-bond acceptors (Lipinski definition) is 5. The van der Waals surface area contributed by atoms with Crippen LogP contribution in [0.15, 0.2) is 36.5 Å². The maximum atomic E-state index is 13.0. The average molecular weight is 339 g/mol. The summed E-state index contributed by atoms with van der Waals surface area (Å²) >= 11 is 0. The van der Waals surface area contributed by atoms with Crippen LogP contribution >= 0.6 is 0 Å². The van der Waals surface area contributed by atoms with Crippen molar-refractivity contribution in [2.75, 3.05) is 28.7 Å². The van der Waals surface area contributed by atoms with E-state index in [2.05, 4.69) is 15.5 Å². The molecular formula is C18H21N5O2. The second kappa shape index (κ2) is 6.88. The van der Waals surface area contributed by atoms with Gasteiger partial charge in [0, 0.05) is 19.5 Å². The summed E-state index contributed by atoms with van der Waals surface area (Å²) < 4.78 is 0. The first-order valence-corrected chi connectivity index (χ1v) is 8.17. The molecule has 7 heteroatoms. The normalized spacial score (nSPS) is 16.7. The first-order chi connectivity index (χ1) is 12.0. The smallest absolute Gasteiger partial charge is 0.246 e. The molecule has 1 aliphatic heterocycles. The number of rotatable bonds is 3. The number of hydrogen-bond donors (Lipinski definition) is 1. The number of aryl methyl sites for hydroxylation is 1. The fraction of sp³-hybridized carbons (Fsp3) is 0.333. The molecule has 1 atom stereocenters. The molecule has 1 aliphatic rings. The molecule has 0 saturated heterocycles. The number of carbonyl (C=O) groups is 2. The maximum absolute atomic E-state index is 13.0. The lowest BCUT2D eigenvalue weighted by atomic mass is 10.1. The van der Waals surface area contributed by atoms with Crippen LogP contribution in [-0.4, -0.2) is 41.6 Å². The van der Waals surface area contributed by atoms with Crippen molar-refractivity contribution in [3.8, 4) is 0 Å².